The molecule has 29 heavy (non-hydrogen) atoms. The van der Waals surface area contributed by atoms with E-state index in [0.29, 0.717) is 10.6 Å². The molecule has 0 bridgehead atoms. The third-order valence-electron chi connectivity index (χ3n) is 5.16. The number of hydrogen-bond acceptors (Lipinski definition) is 2. The average molecular weight is 410 g/mol. The molecule has 3 aromatic rings. The fourth-order valence-corrected chi connectivity index (χ4v) is 3.26. The van der Waals surface area contributed by atoms with Gasteiger partial charge in [0.25, 0.3) is 5.91 Å². The van der Waals surface area contributed by atoms with E-state index in [9.17, 15) is 4.79 Å². The van der Waals surface area contributed by atoms with Crippen molar-refractivity contribution >= 4 is 17.5 Å². The van der Waals surface area contributed by atoms with Gasteiger partial charge in [0, 0.05) is 33.9 Å². The minimum atomic E-state index is -0.271. The number of rotatable bonds is 6. The van der Waals surface area contributed by atoms with Crippen LogP contribution in [0.1, 0.15) is 57.4 Å². The van der Waals surface area contributed by atoms with Crippen molar-refractivity contribution in [2.45, 2.75) is 52.6 Å². The third-order valence-corrected chi connectivity index (χ3v) is 5.42. The minimum absolute atomic E-state index is 0.0791. The topological polar surface area (TPSA) is 46.9 Å². The van der Waals surface area contributed by atoms with Crippen LogP contribution in [0, 0.1) is 0 Å². The Bertz CT molecular complexity index is 1000. The lowest BCUT2D eigenvalue weighted by molar-refractivity contribution is 0.0911. The van der Waals surface area contributed by atoms with Gasteiger partial charge >= 0.3 is 0 Å². The van der Waals surface area contributed by atoms with Crippen molar-refractivity contribution in [3.8, 4) is 22.4 Å². The SMILES string of the molecule is CCC(C)(C)NC(=O)c1cc(-c2ccc(Cl)cc2)cc(-c2ccnn2C(C)C)c1. The predicted molar refractivity (Wildman–Crippen MR) is 120 cm³/mol. The number of benzene rings is 2. The quantitative estimate of drug-likeness (QED) is 0.514. The summed E-state index contributed by atoms with van der Waals surface area (Å²) in [7, 11) is 0. The highest BCUT2D eigenvalue weighted by Gasteiger charge is 2.20. The first kappa shape index (κ1) is 21.1. The maximum Gasteiger partial charge on any atom is 0.251 e. The number of carbonyl (C=O) groups is 1. The van der Waals surface area contributed by atoms with Gasteiger partial charge in [-0.05, 0) is 81.6 Å². The predicted octanol–water partition coefficient (Wildman–Crippen LogP) is 6.37. The van der Waals surface area contributed by atoms with Crippen LogP contribution in [0.3, 0.4) is 0 Å². The van der Waals surface area contributed by atoms with Crippen molar-refractivity contribution in [3.05, 3.63) is 65.3 Å². The first-order valence-corrected chi connectivity index (χ1v) is 10.4. The van der Waals surface area contributed by atoms with Gasteiger partial charge in [-0.25, -0.2) is 0 Å². The van der Waals surface area contributed by atoms with Crippen LogP contribution in [-0.2, 0) is 0 Å². The Hall–Kier alpha value is -2.59. The number of carbonyl (C=O) groups excluding carboxylic acids is 1. The molecule has 1 heterocycles. The van der Waals surface area contributed by atoms with Gasteiger partial charge in [0.15, 0.2) is 0 Å². The highest BCUT2D eigenvalue weighted by molar-refractivity contribution is 6.30. The highest BCUT2D eigenvalue weighted by Crippen LogP contribution is 2.30. The van der Waals surface area contributed by atoms with Crippen molar-refractivity contribution in [1.82, 2.24) is 15.1 Å². The van der Waals surface area contributed by atoms with Crippen LogP contribution in [0.4, 0.5) is 0 Å². The van der Waals surface area contributed by atoms with E-state index in [1.807, 2.05) is 61.0 Å². The van der Waals surface area contributed by atoms with E-state index in [-0.39, 0.29) is 17.5 Å². The Morgan fingerprint density at radius 2 is 1.72 bits per heavy atom. The Morgan fingerprint density at radius 3 is 2.34 bits per heavy atom. The van der Waals surface area contributed by atoms with Gasteiger partial charge in [0.1, 0.15) is 0 Å². The molecule has 0 saturated heterocycles. The minimum Gasteiger partial charge on any atom is -0.347 e. The molecule has 0 radical (unpaired) electrons. The van der Waals surface area contributed by atoms with Crippen LogP contribution in [-0.4, -0.2) is 21.2 Å². The standard InChI is InChI=1S/C24H28ClN3O/c1-6-24(4,5)27-23(29)20-14-18(17-7-9-21(25)10-8-17)13-19(15-20)22-11-12-26-28(22)16(2)3/h7-16H,6H2,1-5H3,(H,27,29). The van der Waals surface area contributed by atoms with Gasteiger partial charge in [0.2, 0.25) is 0 Å². The highest BCUT2D eigenvalue weighted by atomic mass is 35.5. The lowest BCUT2D eigenvalue weighted by Gasteiger charge is -2.25. The fourth-order valence-electron chi connectivity index (χ4n) is 3.14. The van der Waals surface area contributed by atoms with E-state index in [1.165, 1.54) is 0 Å². The lowest BCUT2D eigenvalue weighted by atomic mass is 9.96. The molecular formula is C24H28ClN3O. The number of hydrogen-bond donors (Lipinski definition) is 1. The lowest BCUT2D eigenvalue weighted by Crippen LogP contribution is -2.42. The molecule has 0 aliphatic carbocycles. The number of aromatic nitrogens is 2. The summed E-state index contributed by atoms with van der Waals surface area (Å²) in [5.74, 6) is -0.0791. The van der Waals surface area contributed by atoms with E-state index >= 15 is 0 Å². The average Bonchev–Trinajstić information content (AvgIpc) is 3.18. The summed E-state index contributed by atoms with van der Waals surface area (Å²) in [5, 5.41) is 8.28. The molecule has 0 aliphatic rings. The summed E-state index contributed by atoms with van der Waals surface area (Å²) in [6, 6.07) is 15.8. The summed E-state index contributed by atoms with van der Waals surface area (Å²) in [5.41, 5.74) is 4.28. The molecule has 5 heteroatoms. The van der Waals surface area contributed by atoms with Gasteiger partial charge in [-0.3, -0.25) is 9.48 Å². The van der Waals surface area contributed by atoms with E-state index in [2.05, 4.69) is 37.3 Å². The van der Waals surface area contributed by atoms with Gasteiger partial charge in [-0.2, -0.15) is 5.10 Å². The van der Waals surface area contributed by atoms with Crippen LogP contribution in [0.25, 0.3) is 22.4 Å². The summed E-state index contributed by atoms with van der Waals surface area (Å²) in [6.07, 6.45) is 2.65. The van der Waals surface area contributed by atoms with Crippen LogP contribution < -0.4 is 5.32 Å². The van der Waals surface area contributed by atoms with Crippen molar-refractivity contribution in [1.29, 1.82) is 0 Å². The van der Waals surface area contributed by atoms with E-state index in [0.717, 1.165) is 28.8 Å². The molecular weight excluding hydrogens is 382 g/mol. The third kappa shape index (κ3) is 4.88. The van der Waals surface area contributed by atoms with Crippen LogP contribution in [0.15, 0.2) is 54.7 Å². The molecule has 1 aromatic heterocycles. The molecule has 0 fully saturated rings. The molecule has 1 N–H and O–H groups in total. The normalized spacial score (nSPS) is 11.7. The number of nitrogens with one attached hydrogen (secondary N) is 1. The molecule has 4 nitrogen and oxygen atoms in total. The van der Waals surface area contributed by atoms with E-state index in [1.54, 1.807) is 6.20 Å². The zero-order valence-corrected chi connectivity index (χ0v) is 18.4. The number of halogens is 1. The van der Waals surface area contributed by atoms with E-state index < -0.39 is 0 Å². The van der Waals surface area contributed by atoms with Crippen LogP contribution in [0.2, 0.25) is 5.02 Å². The maximum atomic E-state index is 13.0. The fraction of sp³-hybridized carbons (Fsp3) is 0.333. The number of amides is 1. The molecule has 0 aliphatic heterocycles. The molecule has 2 aromatic carbocycles. The zero-order valence-electron chi connectivity index (χ0n) is 17.7. The van der Waals surface area contributed by atoms with E-state index in [4.69, 9.17) is 11.6 Å². The van der Waals surface area contributed by atoms with Gasteiger partial charge in [0.05, 0.1) is 5.69 Å². The van der Waals surface area contributed by atoms with Crippen molar-refractivity contribution in [2.75, 3.05) is 0 Å². The molecule has 3 rings (SSSR count). The summed E-state index contributed by atoms with van der Waals surface area (Å²) >= 11 is 6.06. The summed E-state index contributed by atoms with van der Waals surface area (Å²) in [4.78, 5) is 13.0. The number of nitrogens with zero attached hydrogens (tertiary/aromatic N) is 2. The Morgan fingerprint density at radius 1 is 1.07 bits per heavy atom. The van der Waals surface area contributed by atoms with Gasteiger partial charge in [-0.1, -0.05) is 30.7 Å². The van der Waals surface area contributed by atoms with Crippen molar-refractivity contribution in [2.24, 2.45) is 0 Å². The zero-order chi connectivity index (χ0) is 21.2. The monoisotopic (exact) mass is 409 g/mol. The molecule has 1 amide bonds. The van der Waals surface area contributed by atoms with Gasteiger partial charge in [-0.15, -0.1) is 0 Å². The molecule has 0 saturated carbocycles. The second-order valence-corrected chi connectivity index (χ2v) is 8.69. The first-order valence-electron chi connectivity index (χ1n) is 9.97. The maximum absolute atomic E-state index is 13.0. The van der Waals surface area contributed by atoms with Crippen LogP contribution in [0.5, 0.6) is 0 Å². The summed E-state index contributed by atoms with van der Waals surface area (Å²) in [6.45, 7) is 10.3. The Balaban J connectivity index is 2.13. The second-order valence-electron chi connectivity index (χ2n) is 8.25. The molecule has 152 valence electrons. The molecule has 0 atom stereocenters. The summed E-state index contributed by atoms with van der Waals surface area (Å²) < 4.78 is 1.97. The Kier molecular flexibility index (Phi) is 6.13. The van der Waals surface area contributed by atoms with Gasteiger partial charge < -0.3 is 5.32 Å². The largest absolute Gasteiger partial charge is 0.347 e. The molecule has 0 unspecified atom stereocenters. The van der Waals surface area contributed by atoms with Crippen molar-refractivity contribution in [3.63, 3.8) is 0 Å². The molecule has 0 spiro atoms. The van der Waals surface area contributed by atoms with Crippen LogP contribution >= 0.6 is 11.6 Å². The second kappa shape index (κ2) is 8.42. The first-order chi connectivity index (χ1) is 13.7. The smallest absolute Gasteiger partial charge is 0.251 e. The van der Waals surface area contributed by atoms with Crippen molar-refractivity contribution < 1.29 is 4.79 Å². The Labute approximate surface area is 177 Å².